The fourth-order valence-corrected chi connectivity index (χ4v) is 7.19. The van der Waals surface area contributed by atoms with Crippen molar-refractivity contribution in [2.24, 2.45) is 29.6 Å². The summed E-state index contributed by atoms with van der Waals surface area (Å²) < 4.78 is 33.9. The van der Waals surface area contributed by atoms with Gasteiger partial charge in [-0.15, -0.1) is 0 Å². The van der Waals surface area contributed by atoms with E-state index in [0.717, 1.165) is 23.4 Å². The molecule has 1 aromatic carbocycles. The number of aromatic nitrogens is 1. The lowest BCUT2D eigenvalue weighted by molar-refractivity contribution is -0.190. The molecule has 1 aromatic heterocycles. The summed E-state index contributed by atoms with van der Waals surface area (Å²) in [6.45, 7) is 13.2. The number of hydrogen-bond acceptors (Lipinski definition) is 8. The van der Waals surface area contributed by atoms with Gasteiger partial charge in [0.1, 0.15) is 17.5 Å². The molecule has 0 N–H and O–H groups in total. The molecule has 3 heterocycles. The van der Waals surface area contributed by atoms with E-state index < -0.39 is 70.3 Å². The first kappa shape index (κ1) is 34.4. The second-order valence-corrected chi connectivity index (χ2v) is 13.5. The predicted octanol–water partition coefficient (Wildman–Crippen LogP) is 6.48. The summed E-state index contributed by atoms with van der Waals surface area (Å²) in [5.41, 5.74) is -3.59. The van der Waals surface area contributed by atoms with E-state index in [4.69, 9.17) is 14.2 Å². The molecule has 0 bridgehead atoms. The smallest absolute Gasteiger partial charge is 0.351 e. The molecule has 9 atom stereocenters. The van der Waals surface area contributed by atoms with Crippen LogP contribution in [0.4, 0.5) is 4.39 Å². The molecule has 2 aliphatic rings. The number of fused-ring (bicyclic) bond motifs is 2. The van der Waals surface area contributed by atoms with Crippen molar-refractivity contribution in [1.29, 1.82) is 0 Å². The largest absolute Gasteiger partial charge is 0.455 e. The number of ether oxygens (including phenoxy) is 3. The Labute approximate surface area is 265 Å². The number of halogens is 1. The molecule has 2 fully saturated rings. The molecular formula is C36H46FNO7. The van der Waals surface area contributed by atoms with E-state index in [1.807, 2.05) is 56.3 Å². The highest BCUT2D eigenvalue weighted by Crippen LogP contribution is 2.45. The zero-order valence-corrected chi connectivity index (χ0v) is 27.6. The van der Waals surface area contributed by atoms with Gasteiger partial charge >= 0.3 is 11.9 Å². The SMILES string of the molecule is CC[C@H]1OC(=O)[C@@](C)(F)C(=O)[C@H](C)[C@@H](C)[C@](C)(OC/C=C/c2cnc3ccccc3c2)C[C@@H](C)C(=O)[C@H](C)[C@H]2CC(=O)O[C@@]21C. The number of Topliss-reactive ketones (excluding diaryl/α,β-unsaturated/α-hetero) is 2. The zero-order chi connectivity index (χ0) is 33.3. The molecule has 4 rings (SSSR count). The van der Waals surface area contributed by atoms with Crippen LogP contribution in [0.25, 0.3) is 17.0 Å². The number of pyridine rings is 1. The maximum Gasteiger partial charge on any atom is 0.351 e. The number of esters is 2. The predicted molar refractivity (Wildman–Crippen MR) is 169 cm³/mol. The third kappa shape index (κ3) is 6.74. The molecule has 0 aliphatic carbocycles. The Bertz CT molecular complexity index is 1490. The average molecular weight is 624 g/mol. The number of rotatable bonds is 5. The maximum atomic E-state index is 16.1. The van der Waals surface area contributed by atoms with Crippen LogP contribution in [-0.4, -0.2) is 58.1 Å². The molecule has 0 amide bonds. The number of nitrogens with zero attached hydrogens (tertiary/aromatic N) is 1. The molecule has 0 spiro atoms. The summed E-state index contributed by atoms with van der Waals surface area (Å²) in [6.07, 6.45) is 4.86. The second-order valence-electron chi connectivity index (χ2n) is 13.5. The van der Waals surface area contributed by atoms with Gasteiger partial charge in [0.25, 0.3) is 5.67 Å². The molecule has 45 heavy (non-hydrogen) atoms. The van der Waals surface area contributed by atoms with Crippen LogP contribution >= 0.6 is 0 Å². The minimum atomic E-state index is -2.95. The second kappa shape index (κ2) is 13.1. The highest BCUT2D eigenvalue weighted by molar-refractivity contribution is 6.07. The van der Waals surface area contributed by atoms with Crippen molar-refractivity contribution in [3.05, 3.63) is 48.2 Å². The van der Waals surface area contributed by atoms with E-state index in [2.05, 4.69) is 4.98 Å². The highest BCUT2D eigenvalue weighted by atomic mass is 19.1. The molecule has 2 saturated heterocycles. The van der Waals surface area contributed by atoms with Crippen LogP contribution in [-0.2, 0) is 33.4 Å². The van der Waals surface area contributed by atoms with Gasteiger partial charge in [-0.05, 0) is 57.2 Å². The number of carbonyl (C=O) groups excluding carboxylic acids is 4. The van der Waals surface area contributed by atoms with Gasteiger partial charge in [-0.25, -0.2) is 9.18 Å². The Balaban J connectivity index is 1.66. The van der Waals surface area contributed by atoms with Gasteiger partial charge in [-0.1, -0.05) is 65.0 Å². The van der Waals surface area contributed by atoms with Crippen molar-refractivity contribution in [1.82, 2.24) is 4.98 Å². The summed E-state index contributed by atoms with van der Waals surface area (Å²) in [4.78, 5) is 57.9. The van der Waals surface area contributed by atoms with E-state index in [0.29, 0.717) is 0 Å². The van der Waals surface area contributed by atoms with Crippen LogP contribution in [0.1, 0.15) is 80.2 Å². The van der Waals surface area contributed by atoms with Gasteiger partial charge in [0.2, 0.25) is 0 Å². The van der Waals surface area contributed by atoms with Crippen LogP contribution < -0.4 is 0 Å². The van der Waals surface area contributed by atoms with Crippen LogP contribution in [0.15, 0.2) is 42.6 Å². The molecule has 9 heteroatoms. The molecular weight excluding hydrogens is 577 g/mol. The molecule has 244 valence electrons. The topological polar surface area (TPSA) is 109 Å². The Morgan fingerprint density at radius 2 is 1.73 bits per heavy atom. The Morgan fingerprint density at radius 3 is 2.42 bits per heavy atom. The summed E-state index contributed by atoms with van der Waals surface area (Å²) in [5.74, 6) is -6.16. The van der Waals surface area contributed by atoms with Crippen molar-refractivity contribution in [2.75, 3.05) is 6.61 Å². The summed E-state index contributed by atoms with van der Waals surface area (Å²) in [6, 6.07) is 9.82. The van der Waals surface area contributed by atoms with Crippen LogP contribution in [0.2, 0.25) is 0 Å². The van der Waals surface area contributed by atoms with E-state index in [-0.39, 0.29) is 31.7 Å². The van der Waals surface area contributed by atoms with E-state index in [9.17, 15) is 19.2 Å². The first-order valence-corrected chi connectivity index (χ1v) is 15.9. The van der Waals surface area contributed by atoms with E-state index in [1.54, 1.807) is 40.8 Å². The van der Waals surface area contributed by atoms with Gasteiger partial charge in [0, 0.05) is 35.3 Å². The number of hydrogen-bond donors (Lipinski definition) is 0. The average Bonchev–Trinajstić information content (AvgIpc) is 3.33. The third-order valence-corrected chi connectivity index (χ3v) is 10.4. The molecule has 0 saturated carbocycles. The fourth-order valence-electron chi connectivity index (χ4n) is 7.19. The maximum absolute atomic E-state index is 16.1. The van der Waals surface area contributed by atoms with Gasteiger partial charge in [0.05, 0.1) is 24.1 Å². The summed E-state index contributed by atoms with van der Waals surface area (Å²) in [5, 5.41) is 1.00. The van der Waals surface area contributed by atoms with Crippen LogP contribution in [0, 0.1) is 29.6 Å². The Morgan fingerprint density at radius 1 is 1.04 bits per heavy atom. The van der Waals surface area contributed by atoms with Crippen molar-refractivity contribution in [2.45, 2.75) is 97.6 Å². The van der Waals surface area contributed by atoms with Crippen molar-refractivity contribution in [3.8, 4) is 0 Å². The monoisotopic (exact) mass is 623 g/mol. The van der Waals surface area contributed by atoms with E-state index in [1.165, 1.54) is 0 Å². The number of benzene rings is 1. The lowest BCUT2D eigenvalue weighted by atomic mass is 9.68. The minimum absolute atomic E-state index is 0.0361. The molecule has 0 unspecified atom stereocenters. The van der Waals surface area contributed by atoms with Crippen LogP contribution in [0.3, 0.4) is 0 Å². The molecule has 2 aromatic rings. The standard InChI is InChI=1S/C36H46FNO7/c1-9-29-36(8)27(18-30(39)45-36)23(4)31(40)21(2)19-34(6,24(5)22(3)32(41)35(7,37)33(42)44-29)43-16-12-13-25-17-26-14-10-11-15-28(26)38-20-25/h10-15,17,20-24,27,29H,9,16,18-19H2,1-8H3/b13-12+/t21-,22-,23-,24-,27-,29-,34-,35+,36+/m1/s1. The quantitative estimate of drug-likeness (QED) is 0.275. The van der Waals surface area contributed by atoms with Gasteiger partial charge in [-0.3, -0.25) is 19.4 Å². The first-order valence-electron chi connectivity index (χ1n) is 15.9. The highest BCUT2D eigenvalue weighted by Gasteiger charge is 2.58. The Kier molecular flexibility index (Phi) is 10.0. The number of ketones is 2. The van der Waals surface area contributed by atoms with Gasteiger partial charge < -0.3 is 14.2 Å². The molecule has 0 radical (unpaired) electrons. The summed E-state index contributed by atoms with van der Waals surface area (Å²) in [7, 11) is 0. The number of para-hydroxylation sites is 1. The lowest BCUT2D eigenvalue weighted by Crippen LogP contribution is -2.55. The van der Waals surface area contributed by atoms with E-state index >= 15 is 4.39 Å². The number of alkyl halides is 1. The van der Waals surface area contributed by atoms with Crippen molar-refractivity contribution >= 4 is 40.5 Å². The summed E-state index contributed by atoms with van der Waals surface area (Å²) >= 11 is 0. The minimum Gasteiger partial charge on any atom is -0.455 e. The van der Waals surface area contributed by atoms with Crippen molar-refractivity contribution in [3.63, 3.8) is 0 Å². The normalized spacial score (nSPS) is 36.9. The van der Waals surface area contributed by atoms with Gasteiger partial charge in [-0.2, -0.15) is 0 Å². The first-order chi connectivity index (χ1) is 21.0. The lowest BCUT2D eigenvalue weighted by Gasteiger charge is -2.43. The molecule has 2 aliphatic heterocycles. The third-order valence-electron chi connectivity index (χ3n) is 10.4. The van der Waals surface area contributed by atoms with Gasteiger partial charge in [0.15, 0.2) is 5.78 Å². The molecule has 8 nitrogen and oxygen atoms in total. The fraction of sp³-hybridized carbons (Fsp3) is 0.583. The Hall–Kier alpha value is -3.46. The van der Waals surface area contributed by atoms with Crippen molar-refractivity contribution < 1.29 is 37.8 Å². The zero-order valence-electron chi connectivity index (χ0n) is 27.6. The number of carbonyl (C=O) groups is 4. The van der Waals surface area contributed by atoms with Crippen LogP contribution in [0.5, 0.6) is 0 Å². The number of cyclic esters (lactones) is 1.